The molecule has 1 aromatic rings. The van der Waals surface area contributed by atoms with Crippen molar-refractivity contribution in [3.63, 3.8) is 0 Å². The lowest BCUT2D eigenvalue weighted by Gasteiger charge is -2.54. The van der Waals surface area contributed by atoms with Crippen molar-refractivity contribution in [3.05, 3.63) is 6.20 Å². The van der Waals surface area contributed by atoms with Crippen molar-refractivity contribution in [2.45, 2.75) is 51.2 Å². The number of nitrogens with zero attached hydrogens (tertiary/aromatic N) is 2. The molecule has 2 aliphatic carbocycles. The molecule has 1 heterocycles. The van der Waals surface area contributed by atoms with Gasteiger partial charge in [0.05, 0.1) is 12.3 Å². The summed E-state index contributed by atoms with van der Waals surface area (Å²) in [6, 6.07) is 0.559. The largest absolute Gasteiger partial charge is 0.378 e. The summed E-state index contributed by atoms with van der Waals surface area (Å²) >= 11 is 1.44. The summed E-state index contributed by atoms with van der Waals surface area (Å²) in [6.07, 6.45) is 8.73. The zero-order valence-corrected chi connectivity index (χ0v) is 11.0. The van der Waals surface area contributed by atoms with Gasteiger partial charge in [-0.1, -0.05) is 17.3 Å². The predicted octanol–water partition coefficient (Wildman–Crippen LogP) is 2.69. The van der Waals surface area contributed by atoms with Crippen LogP contribution in [0.25, 0.3) is 0 Å². The molecule has 2 saturated carbocycles. The van der Waals surface area contributed by atoms with Crippen molar-refractivity contribution in [2.24, 2.45) is 5.41 Å². The maximum absolute atomic E-state index is 5.90. The topological polar surface area (TPSA) is 47.0 Å². The molecule has 2 aliphatic rings. The third-order valence-electron chi connectivity index (χ3n) is 4.37. The zero-order valence-electron chi connectivity index (χ0n) is 10.2. The smallest absolute Gasteiger partial charge is 0.130 e. The van der Waals surface area contributed by atoms with E-state index in [0.29, 0.717) is 17.6 Å². The Morgan fingerprint density at radius 2 is 2.35 bits per heavy atom. The van der Waals surface area contributed by atoms with Gasteiger partial charge in [-0.25, -0.2) is 0 Å². The highest BCUT2D eigenvalue weighted by molar-refractivity contribution is 7.09. The molecule has 0 bridgehead atoms. The number of rotatable bonds is 4. The molecular weight excluding hydrogens is 234 g/mol. The zero-order chi connectivity index (χ0) is 11.7. The van der Waals surface area contributed by atoms with Crippen LogP contribution in [0.3, 0.4) is 0 Å². The van der Waals surface area contributed by atoms with Gasteiger partial charge >= 0.3 is 0 Å². The van der Waals surface area contributed by atoms with Crippen molar-refractivity contribution in [1.29, 1.82) is 0 Å². The molecule has 5 heteroatoms. The number of aromatic nitrogens is 2. The summed E-state index contributed by atoms with van der Waals surface area (Å²) in [5.74, 6) is 0. The summed E-state index contributed by atoms with van der Waals surface area (Å²) in [7, 11) is 0. The fraction of sp³-hybridized carbons (Fsp3) is 0.833. The van der Waals surface area contributed by atoms with Gasteiger partial charge in [0, 0.05) is 29.6 Å². The Kier molecular flexibility index (Phi) is 3.04. The monoisotopic (exact) mass is 253 g/mol. The molecule has 2 fully saturated rings. The first-order valence-electron chi connectivity index (χ1n) is 6.50. The molecule has 0 amide bonds. The maximum Gasteiger partial charge on any atom is 0.130 e. The SMILES string of the molecule is CCOC1CC(Nc2cnns2)C12CCCC2. The highest BCUT2D eigenvalue weighted by Gasteiger charge is 2.56. The minimum atomic E-state index is 0.389. The molecule has 94 valence electrons. The van der Waals surface area contributed by atoms with Crippen LogP contribution < -0.4 is 5.32 Å². The molecule has 1 N–H and O–H groups in total. The second-order valence-electron chi connectivity index (χ2n) is 5.10. The number of hydrogen-bond donors (Lipinski definition) is 1. The second kappa shape index (κ2) is 4.53. The third kappa shape index (κ3) is 1.85. The van der Waals surface area contributed by atoms with E-state index in [1.54, 1.807) is 0 Å². The van der Waals surface area contributed by atoms with E-state index in [9.17, 15) is 0 Å². The van der Waals surface area contributed by atoms with Gasteiger partial charge in [0.15, 0.2) is 0 Å². The number of nitrogens with one attached hydrogen (secondary N) is 1. The average Bonchev–Trinajstić information content (AvgIpc) is 3.00. The van der Waals surface area contributed by atoms with Crippen LogP contribution >= 0.6 is 11.5 Å². The van der Waals surface area contributed by atoms with Crippen LogP contribution in [0.4, 0.5) is 5.00 Å². The normalized spacial score (nSPS) is 30.4. The first-order valence-corrected chi connectivity index (χ1v) is 7.28. The Morgan fingerprint density at radius 3 is 3.00 bits per heavy atom. The molecule has 3 rings (SSSR count). The van der Waals surface area contributed by atoms with E-state index < -0.39 is 0 Å². The van der Waals surface area contributed by atoms with Crippen LogP contribution in [0.15, 0.2) is 6.20 Å². The Bertz CT molecular complexity index is 362. The van der Waals surface area contributed by atoms with Crippen LogP contribution in [-0.2, 0) is 4.74 Å². The average molecular weight is 253 g/mol. The van der Waals surface area contributed by atoms with Gasteiger partial charge in [-0.15, -0.1) is 5.10 Å². The lowest BCUT2D eigenvalue weighted by Crippen LogP contribution is -2.60. The lowest BCUT2D eigenvalue weighted by atomic mass is 9.60. The van der Waals surface area contributed by atoms with Crippen LogP contribution in [0.5, 0.6) is 0 Å². The van der Waals surface area contributed by atoms with Gasteiger partial charge in [-0.05, 0) is 26.2 Å². The molecule has 2 unspecified atom stereocenters. The van der Waals surface area contributed by atoms with Crippen molar-refractivity contribution in [2.75, 3.05) is 11.9 Å². The van der Waals surface area contributed by atoms with Gasteiger partial charge in [0.2, 0.25) is 0 Å². The van der Waals surface area contributed by atoms with E-state index in [2.05, 4.69) is 21.8 Å². The fourth-order valence-corrected chi connectivity index (χ4v) is 3.96. The molecule has 0 saturated heterocycles. The molecule has 0 aromatic carbocycles. The molecule has 0 aliphatic heterocycles. The highest BCUT2D eigenvalue weighted by atomic mass is 32.1. The van der Waals surface area contributed by atoms with Gasteiger partial charge in [-0.2, -0.15) is 0 Å². The summed E-state index contributed by atoms with van der Waals surface area (Å²) in [5, 5.41) is 8.57. The fourth-order valence-electron chi connectivity index (χ4n) is 3.49. The van der Waals surface area contributed by atoms with E-state index in [1.807, 2.05) is 6.20 Å². The van der Waals surface area contributed by atoms with E-state index in [4.69, 9.17) is 4.74 Å². The molecule has 17 heavy (non-hydrogen) atoms. The maximum atomic E-state index is 5.90. The Labute approximate surface area is 106 Å². The van der Waals surface area contributed by atoms with E-state index in [0.717, 1.165) is 18.0 Å². The van der Waals surface area contributed by atoms with E-state index in [1.165, 1.54) is 37.2 Å². The second-order valence-corrected chi connectivity index (χ2v) is 5.88. The van der Waals surface area contributed by atoms with Crippen LogP contribution in [0, 0.1) is 5.41 Å². The molecule has 1 aromatic heterocycles. The number of anilines is 1. The molecular formula is C12H19N3OS. The summed E-state index contributed by atoms with van der Waals surface area (Å²) in [6.45, 7) is 2.93. The van der Waals surface area contributed by atoms with Gasteiger partial charge in [0.1, 0.15) is 5.00 Å². The highest BCUT2D eigenvalue weighted by Crippen LogP contribution is 2.55. The van der Waals surface area contributed by atoms with Gasteiger partial charge < -0.3 is 10.1 Å². The van der Waals surface area contributed by atoms with Gasteiger partial charge in [-0.3, -0.25) is 0 Å². The lowest BCUT2D eigenvalue weighted by molar-refractivity contribution is -0.114. The Hall–Kier alpha value is -0.680. The minimum Gasteiger partial charge on any atom is -0.378 e. The van der Waals surface area contributed by atoms with Crippen LogP contribution in [-0.4, -0.2) is 28.3 Å². The Balaban J connectivity index is 1.69. The van der Waals surface area contributed by atoms with Gasteiger partial charge in [0.25, 0.3) is 0 Å². The predicted molar refractivity (Wildman–Crippen MR) is 68.3 cm³/mol. The standard InChI is InChI=1S/C12H19N3OS/c1-2-16-10-7-9(12(10)5-3-4-6-12)14-11-8-13-15-17-11/h8-10,14H,2-7H2,1H3. The van der Waals surface area contributed by atoms with E-state index >= 15 is 0 Å². The number of hydrogen-bond acceptors (Lipinski definition) is 5. The van der Waals surface area contributed by atoms with Crippen molar-refractivity contribution in [3.8, 4) is 0 Å². The third-order valence-corrected chi connectivity index (χ3v) is 4.96. The quantitative estimate of drug-likeness (QED) is 0.896. The summed E-state index contributed by atoms with van der Waals surface area (Å²) in [4.78, 5) is 0. The summed E-state index contributed by atoms with van der Waals surface area (Å²) in [5.41, 5.74) is 0.389. The number of ether oxygens (including phenoxy) is 1. The van der Waals surface area contributed by atoms with Crippen LogP contribution in [0.2, 0.25) is 0 Å². The van der Waals surface area contributed by atoms with Crippen molar-refractivity contribution >= 4 is 16.5 Å². The van der Waals surface area contributed by atoms with Crippen LogP contribution in [0.1, 0.15) is 39.0 Å². The molecule has 4 nitrogen and oxygen atoms in total. The molecule has 0 radical (unpaired) electrons. The minimum absolute atomic E-state index is 0.389. The van der Waals surface area contributed by atoms with Crippen molar-refractivity contribution in [1.82, 2.24) is 9.59 Å². The van der Waals surface area contributed by atoms with Crippen molar-refractivity contribution < 1.29 is 4.74 Å². The summed E-state index contributed by atoms with van der Waals surface area (Å²) < 4.78 is 9.80. The first-order chi connectivity index (χ1) is 8.35. The van der Waals surface area contributed by atoms with E-state index in [-0.39, 0.29) is 0 Å². The molecule has 2 atom stereocenters. The Morgan fingerprint density at radius 1 is 1.53 bits per heavy atom. The first kappa shape index (κ1) is 11.4. The molecule has 1 spiro atoms.